The van der Waals surface area contributed by atoms with Crippen molar-refractivity contribution >= 4 is 0 Å². The zero-order valence-electron chi connectivity index (χ0n) is 7.92. The number of methoxy groups -OCH3 is 1. The molecule has 0 radical (unpaired) electrons. The molecule has 2 heteroatoms. The van der Waals surface area contributed by atoms with Crippen LogP contribution in [0.25, 0.3) is 0 Å². The molecule has 1 N–H and O–H groups in total. The minimum Gasteiger partial charge on any atom is -0.385 e. The van der Waals surface area contributed by atoms with E-state index in [9.17, 15) is 0 Å². The molecule has 1 aromatic carbocycles. The third kappa shape index (κ3) is 1.74. The largest absolute Gasteiger partial charge is 0.385 e. The van der Waals surface area contributed by atoms with E-state index in [1.54, 1.807) is 7.11 Å². The summed E-state index contributed by atoms with van der Waals surface area (Å²) in [6.07, 6.45) is 1.06. The van der Waals surface area contributed by atoms with E-state index in [1.807, 2.05) is 0 Å². The van der Waals surface area contributed by atoms with Gasteiger partial charge in [-0.1, -0.05) is 24.3 Å². The quantitative estimate of drug-likeness (QED) is 0.761. The van der Waals surface area contributed by atoms with Crippen LogP contribution in [0, 0.1) is 0 Å². The maximum Gasteiger partial charge on any atom is 0.0480 e. The lowest BCUT2D eigenvalue weighted by Gasteiger charge is -2.10. The number of benzene rings is 1. The molecule has 0 aliphatic carbocycles. The molecule has 0 unspecified atom stereocenters. The SMILES string of the molecule is COCC[C@H]1NCc2ccccc21. The van der Waals surface area contributed by atoms with Crippen molar-refractivity contribution in [1.82, 2.24) is 5.32 Å². The fourth-order valence-electron chi connectivity index (χ4n) is 1.87. The number of rotatable bonds is 3. The van der Waals surface area contributed by atoms with Crippen LogP contribution in [0.2, 0.25) is 0 Å². The fraction of sp³-hybridized carbons (Fsp3) is 0.455. The van der Waals surface area contributed by atoms with Crippen LogP contribution in [0.5, 0.6) is 0 Å². The Balaban J connectivity index is 2.09. The van der Waals surface area contributed by atoms with E-state index in [4.69, 9.17) is 4.74 Å². The lowest BCUT2D eigenvalue weighted by atomic mass is 10.0. The molecule has 13 heavy (non-hydrogen) atoms. The van der Waals surface area contributed by atoms with Gasteiger partial charge in [0.25, 0.3) is 0 Å². The molecule has 1 atom stereocenters. The Labute approximate surface area is 78.9 Å². The maximum absolute atomic E-state index is 5.08. The summed E-state index contributed by atoms with van der Waals surface area (Å²) in [6, 6.07) is 9.09. The summed E-state index contributed by atoms with van der Waals surface area (Å²) < 4.78 is 5.08. The number of fused-ring (bicyclic) bond motifs is 1. The Bertz CT molecular complexity index is 285. The highest BCUT2D eigenvalue weighted by Crippen LogP contribution is 2.26. The Morgan fingerprint density at radius 1 is 1.46 bits per heavy atom. The number of nitrogens with one attached hydrogen (secondary N) is 1. The van der Waals surface area contributed by atoms with Gasteiger partial charge in [0.2, 0.25) is 0 Å². The average molecular weight is 177 g/mol. The molecule has 70 valence electrons. The molecule has 1 heterocycles. The molecule has 0 amide bonds. The van der Waals surface area contributed by atoms with E-state index < -0.39 is 0 Å². The highest BCUT2D eigenvalue weighted by molar-refractivity contribution is 5.33. The highest BCUT2D eigenvalue weighted by atomic mass is 16.5. The van der Waals surface area contributed by atoms with Crippen LogP contribution in [-0.4, -0.2) is 13.7 Å². The van der Waals surface area contributed by atoms with Crippen molar-refractivity contribution in [3.8, 4) is 0 Å². The minimum absolute atomic E-state index is 0.496. The number of hydrogen-bond acceptors (Lipinski definition) is 2. The van der Waals surface area contributed by atoms with Gasteiger partial charge in [-0.25, -0.2) is 0 Å². The Hall–Kier alpha value is -0.860. The van der Waals surface area contributed by atoms with Crippen molar-refractivity contribution in [2.75, 3.05) is 13.7 Å². The van der Waals surface area contributed by atoms with Gasteiger partial charge in [-0.2, -0.15) is 0 Å². The highest BCUT2D eigenvalue weighted by Gasteiger charge is 2.19. The Kier molecular flexibility index (Phi) is 2.62. The molecule has 0 fully saturated rings. The summed E-state index contributed by atoms with van der Waals surface area (Å²) in [4.78, 5) is 0. The van der Waals surface area contributed by atoms with Gasteiger partial charge in [-0.15, -0.1) is 0 Å². The third-order valence-corrected chi connectivity index (χ3v) is 2.58. The van der Waals surface area contributed by atoms with Gasteiger partial charge >= 0.3 is 0 Å². The van der Waals surface area contributed by atoms with Gasteiger partial charge in [-0.05, 0) is 17.5 Å². The molecule has 0 aromatic heterocycles. The molecular weight excluding hydrogens is 162 g/mol. The second-order valence-corrected chi connectivity index (χ2v) is 3.41. The van der Waals surface area contributed by atoms with Crippen LogP contribution in [-0.2, 0) is 11.3 Å². The molecule has 1 aliphatic rings. The lowest BCUT2D eigenvalue weighted by Crippen LogP contribution is -2.13. The van der Waals surface area contributed by atoms with E-state index in [0.717, 1.165) is 19.6 Å². The Morgan fingerprint density at radius 3 is 3.15 bits per heavy atom. The van der Waals surface area contributed by atoms with Gasteiger partial charge in [0.1, 0.15) is 0 Å². The predicted octanol–water partition coefficient (Wildman–Crippen LogP) is 1.87. The van der Waals surface area contributed by atoms with Gasteiger partial charge in [-0.3, -0.25) is 0 Å². The van der Waals surface area contributed by atoms with Crippen molar-refractivity contribution in [2.45, 2.75) is 19.0 Å². The van der Waals surface area contributed by atoms with Crippen LogP contribution in [0.1, 0.15) is 23.6 Å². The summed E-state index contributed by atoms with van der Waals surface area (Å²) in [5, 5.41) is 3.48. The normalized spacial score (nSPS) is 20.2. The van der Waals surface area contributed by atoms with E-state index in [2.05, 4.69) is 29.6 Å². The monoisotopic (exact) mass is 177 g/mol. The first-order valence-corrected chi connectivity index (χ1v) is 4.72. The number of hydrogen-bond donors (Lipinski definition) is 1. The van der Waals surface area contributed by atoms with Gasteiger partial charge < -0.3 is 10.1 Å². The summed E-state index contributed by atoms with van der Waals surface area (Å²) in [7, 11) is 1.75. The average Bonchev–Trinajstić information content (AvgIpc) is 2.58. The minimum atomic E-state index is 0.496. The molecular formula is C11H15NO. The fourth-order valence-corrected chi connectivity index (χ4v) is 1.87. The summed E-state index contributed by atoms with van der Waals surface area (Å²) in [6.45, 7) is 1.83. The molecule has 0 saturated heterocycles. The third-order valence-electron chi connectivity index (χ3n) is 2.58. The zero-order chi connectivity index (χ0) is 9.10. The second kappa shape index (κ2) is 3.90. The van der Waals surface area contributed by atoms with Gasteiger partial charge in [0.15, 0.2) is 0 Å². The van der Waals surface area contributed by atoms with Crippen LogP contribution in [0.4, 0.5) is 0 Å². The van der Waals surface area contributed by atoms with E-state index in [1.165, 1.54) is 11.1 Å². The topological polar surface area (TPSA) is 21.3 Å². The molecule has 0 bridgehead atoms. The van der Waals surface area contributed by atoms with E-state index >= 15 is 0 Å². The van der Waals surface area contributed by atoms with Crippen molar-refractivity contribution in [3.05, 3.63) is 35.4 Å². The van der Waals surface area contributed by atoms with E-state index in [0.29, 0.717) is 6.04 Å². The lowest BCUT2D eigenvalue weighted by molar-refractivity contribution is 0.184. The van der Waals surface area contributed by atoms with Gasteiger partial charge in [0.05, 0.1) is 0 Å². The second-order valence-electron chi connectivity index (χ2n) is 3.41. The molecule has 0 saturated carbocycles. The van der Waals surface area contributed by atoms with Gasteiger partial charge in [0, 0.05) is 26.3 Å². The first-order valence-electron chi connectivity index (χ1n) is 4.72. The van der Waals surface area contributed by atoms with Crippen molar-refractivity contribution < 1.29 is 4.74 Å². The molecule has 2 nitrogen and oxygen atoms in total. The Morgan fingerprint density at radius 2 is 2.31 bits per heavy atom. The van der Waals surface area contributed by atoms with Crippen LogP contribution in [0.15, 0.2) is 24.3 Å². The summed E-state index contributed by atoms with van der Waals surface area (Å²) in [5.74, 6) is 0. The van der Waals surface area contributed by atoms with Crippen molar-refractivity contribution in [2.24, 2.45) is 0 Å². The molecule has 1 aliphatic heterocycles. The standard InChI is InChI=1S/C11H15NO/c1-13-7-6-11-10-5-3-2-4-9(10)8-12-11/h2-5,11-12H,6-8H2,1H3/t11-/m1/s1. The van der Waals surface area contributed by atoms with Crippen LogP contribution < -0.4 is 5.32 Å². The van der Waals surface area contributed by atoms with Crippen LogP contribution in [0.3, 0.4) is 0 Å². The maximum atomic E-state index is 5.08. The number of ether oxygens (including phenoxy) is 1. The van der Waals surface area contributed by atoms with E-state index in [-0.39, 0.29) is 0 Å². The van der Waals surface area contributed by atoms with Crippen molar-refractivity contribution in [1.29, 1.82) is 0 Å². The smallest absolute Gasteiger partial charge is 0.0480 e. The van der Waals surface area contributed by atoms with Crippen molar-refractivity contribution in [3.63, 3.8) is 0 Å². The molecule has 1 aromatic rings. The molecule has 0 spiro atoms. The predicted molar refractivity (Wildman–Crippen MR) is 52.5 cm³/mol. The first-order chi connectivity index (χ1) is 6.42. The zero-order valence-corrected chi connectivity index (χ0v) is 7.92. The summed E-state index contributed by atoms with van der Waals surface area (Å²) >= 11 is 0. The van der Waals surface area contributed by atoms with Crippen LogP contribution >= 0.6 is 0 Å². The summed E-state index contributed by atoms with van der Waals surface area (Å²) in [5.41, 5.74) is 2.88. The first kappa shape index (κ1) is 8.73. The molecule has 2 rings (SSSR count).